The van der Waals surface area contributed by atoms with Crippen LogP contribution < -0.4 is 5.32 Å². The molecule has 17 heavy (non-hydrogen) atoms. The van der Waals surface area contributed by atoms with Crippen molar-refractivity contribution in [2.24, 2.45) is 5.92 Å². The summed E-state index contributed by atoms with van der Waals surface area (Å²) in [6.07, 6.45) is 0.927. The zero-order chi connectivity index (χ0) is 12.8. The number of hydrogen-bond acceptors (Lipinski definition) is 3. The maximum atomic E-state index is 9.31. The topological polar surface area (TPSA) is 56.0 Å². The highest BCUT2D eigenvalue weighted by atomic mass is 16.3. The van der Waals surface area contributed by atoms with E-state index in [4.69, 9.17) is 5.26 Å². The third-order valence-electron chi connectivity index (χ3n) is 2.69. The van der Waals surface area contributed by atoms with Crippen LogP contribution in [0.4, 0.5) is 5.69 Å². The van der Waals surface area contributed by atoms with Gasteiger partial charge in [-0.25, -0.2) is 0 Å². The Morgan fingerprint density at radius 2 is 2.12 bits per heavy atom. The molecule has 0 radical (unpaired) electrons. The number of anilines is 1. The number of nitriles is 1. The normalized spacial score (nSPS) is 12.2. The standard InChI is InChI=1S/C14H20N2O/c1-10(2)6-13(9-17)16-14-5-4-12(8-15)7-11(14)3/h4-5,7,10,13,16-17H,6,9H2,1-3H3. The molecule has 0 spiro atoms. The quantitative estimate of drug-likeness (QED) is 0.820. The van der Waals surface area contributed by atoms with E-state index in [1.807, 2.05) is 19.1 Å². The molecular weight excluding hydrogens is 212 g/mol. The van der Waals surface area contributed by atoms with E-state index < -0.39 is 0 Å². The van der Waals surface area contributed by atoms with Crippen LogP contribution in [0.1, 0.15) is 31.4 Å². The maximum absolute atomic E-state index is 9.31. The molecular formula is C14H20N2O. The van der Waals surface area contributed by atoms with Gasteiger partial charge in [0.25, 0.3) is 0 Å². The second-order valence-electron chi connectivity index (χ2n) is 4.79. The van der Waals surface area contributed by atoms with Crippen molar-refractivity contribution in [1.29, 1.82) is 5.26 Å². The van der Waals surface area contributed by atoms with E-state index in [1.54, 1.807) is 6.07 Å². The van der Waals surface area contributed by atoms with Crippen LogP contribution in [0.15, 0.2) is 18.2 Å². The zero-order valence-electron chi connectivity index (χ0n) is 10.7. The predicted molar refractivity (Wildman–Crippen MR) is 69.8 cm³/mol. The first-order chi connectivity index (χ1) is 8.06. The van der Waals surface area contributed by atoms with E-state index in [2.05, 4.69) is 25.2 Å². The second kappa shape index (κ2) is 6.27. The number of aliphatic hydroxyl groups is 1. The molecule has 0 aliphatic heterocycles. The SMILES string of the molecule is Cc1cc(C#N)ccc1NC(CO)CC(C)C. The van der Waals surface area contributed by atoms with E-state index >= 15 is 0 Å². The van der Waals surface area contributed by atoms with Gasteiger partial charge in [0.1, 0.15) is 0 Å². The largest absolute Gasteiger partial charge is 0.394 e. The Balaban J connectivity index is 2.76. The van der Waals surface area contributed by atoms with Gasteiger partial charge in [0.15, 0.2) is 0 Å². The summed E-state index contributed by atoms with van der Waals surface area (Å²) in [5.41, 5.74) is 2.69. The molecule has 92 valence electrons. The number of nitrogens with zero attached hydrogens (tertiary/aromatic N) is 1. The Morgan fingerprint density at radius 1 is 1.41 bits per heavy atom. The molecule has 1 rings (SSSR count). The molecule has 1 atom stereocenters. The van der Waals surface area contributed by atoms with Crippen LogP contribution in [0, 0.1) is 24.2 Å². The first kappa shape index (κ1) is 13.5. The molecule has 0 heterocycles. The number of nitrogens with one attached hydrogen (secondary N) is 1. The Hall–Kier alpha value is -1.53. The number of aryl methyl sites for hydroxylation is 1. The number of rotatable bonds is 5. The predicted octanol–water partition coefficient (Wildman–Crippen LogP) is 2.69. The lowest BCUT2D eigenvalue weighted by molar-refractivity contribution is 0.259. The molecule has 0 fully saturated rings. The highest BCUT2D eigenvalue weighted by molar-refractivity contribution is 5.54. The summed E-state index contributed by atoms with van der Waals surface area (Å²) in [6.45, 7) is 6.36. The summed E-state index contributed by atoms with van der Waals surface area (Å²) < 4.78 is 0. The van der Waals surface area contributed by atoms with Gasteiger partial charge in [0, 0.05) is 11.7 Å². The van der Waals surface area contributed by atoms with Crippen molar-refractivity contribution in [2.75, 3.05) is 11.9 Å². The summed E-state index contributed by atoms with van der Waals surface area (Å²) in [6, 6.07) is 7.73. The van der Waals surface area contributed by atoms with Crippen LogP contribution in [0.25, 0.3) is 0 Å². The number of hydrogen-bond donors (Lipinski definition) is 2. The Bertz CT molecular complexity index is 407. The third kappa shape index (κ3) is 4.08. The van der Waals surface area contributed by atoms with Gasteiger partial charge in [-0.3, -0.25) is 0 Å². The summed E-state index contributed by atoms with van der Waals surface area (Å²) in [5.74, 6) is 0.540. The van der Waals surface area contributed by atoms with Crippen LogP contribution in [0.2, 0.25) is 0 Å². The van der Waals surface area contributed by atoms with Gasteiger partial charge in [0.05, 0.1) is 18.2 Å². The summed E-state index contributed by atoms with van der Waals surface area (Å²) >= 11 is 0. The van der Waals surface area contributed by atoms with Crippen molar-refractivity contribution in [2.45, 2.75) is 33.2 Å². The lowest BCUT2D eigenvalue weighted by Gasteiger charge is -2.20. The minimum absolute atomic E-state index is 0.0710. The van der Waals surface area contributed by atoms with Crippen molar-refractivity contribution in [3.05, 3.63) is 29.3 Å². The fourth-order valence-electron chi connectivity index (χ4n) is 1.86. The molecule has 1 aromatic carbocycles. The zero-order valence-corrected chi connectivity index (χ0v) is 10.7. The molecule has 0 bridgehead atoms. The monoisotopic (exact) mass is 232 g/mol. The first-order valence-corrected chi connectivity index (χ1v) is 5.95. The highest BCUT2D eigenvalue weighted by Gasteiger charge is 2.10. The molecule has 0 aliphatic carbocycles. The molecule has 0 saturated carbocycles. The minimum atomic E-state index is 0.0710. The van der Waals surface area contributed by atoms with E-state index in [0.717, 1.165) is 17.7 Å². The maximum Gasteiger partial charge on any atom is 0.0991 e. The van der Waals surface area contributed by atoms with E-state index in [1.165, 1.54) is 0 Å². The Morgan fingerprint density at radius 3 is 2.59 bits per heavy atom. The van der Waals surface area contributed by atoms with Crippen LogP contribution in [-0.4, -0.2) is 17.8 Å². The molecule has 0 aromatic heterocycles. The smallest absolute Gasteiger partial charge is 0.0991 e. The van der Waals surface area contributed by atoms with Crippen molar-refractivity contribution < 1.29 is 5.11 Å². The van der Waals surface area contributed by atoms with Gasteiger partial charge in [-0.2, -0.15) is 5.26 Å². The molecule has 3 nitrogen and oxygen atoms in total. The minimum Gasteiger partial charge on any atom is -0.394 e. The molecule has 1 unspecified atom stereocenters. The third-order valence-corrected chi connectivity index (χ3v) is 2.69. The molecule has 1 aromatic rings. The fraction of sp³-hybridized carbons (Fsp3) is 0.500. The van der Waals surface area contributed by atoms with E-state index in [0.29, 0.717) is 11.5 Å². The van der Waals surface area contributed by atoms with Gasteiger partial charge < -0.3 is 10.4 Å². The average Bonchev–Trinajstić information content (AvgIpc) is 2.29. The van der Waals surface area contributed by atoms with Gasteiger partial charge in [0.2, 0.25) is 0 Å². The molecule has 3 heteroatoms. The molecule has 0 aliphatic rings. The Kier molecular flexibility index (Phi) is 4.99. The molecule has 0 amide bonds. The summed E-state index contributed by atoms with van der Waals surface area (Å²) in [7, 11) is 0. The van der Waals surface area contributed by atoms with Crippen molar-refractivity contribution in [1.82, 2.24) is 0 Å². The van der Waals surface area contributed by atoms with Gasteiger partial charge >= 0.3 is 0 Å². The second-order valence-corrected chi connectivity index (χ2v) is 4.79. The van der Waals surface area contributed by atoms with Crippen LogP contribution in [0.5, 0.6) is 0 Å². The lowest BCUT2D eigenvalue weighted by atomic mass is 10.0. The van der Waals surface area contributed by atoms with Gasteiger partial charge in [-0.15, -0.1) is 0 Å². The summed E-state index contributed by atoms with van der Waals surface area (Å²) in [4.78, 5) is 0. The molecule has 2 N–H and O–H groups in total. The highest BCUT2D eigenvalue weighted by Crippen LogP contribution is 2.19. The average molecular weight is 232 g/mol. The van der Waals surface area contributed by atoms with Crippen LogP contribution in [0.3, 0.4) is 0 Å². The lowest BCUT2D eigenvalue weighted by Crippen LogP contribution is -2.25. The van der Waals surface area contributed by atoms with Crippen LogP contribution >= 0.6 is 0 Å². The first-order valence-electron chi connectivity index (χ1n) is 5.95. The van der Waals surface area contributed by atoms with Crippen LogP contribution in [-0.2, 0) is 0 Å². The van der Waals surface area contributed by atoms with E-state index in [9.17, 15) is 5.11 Å². The van der Waals surface area contributed by atoms with Crippen molar-refractivity contribution in [3.63, 3.8) is 0 Å². The van der Waals surface area contributed by atoms with Gasteiger partial charge in [-0.05, 0) is 43.0 Å². The Labute approximate surface area is 103 Å². The van der Waals surface area contributed by atoms with E-state index in [-0.39, 0.29) is 12.6 Å². The summed E-state index contributed by atoms with van der Waals surface area (Å²) in [5, 5.41) is 21.4. The number of benzene rings is 1. The fourth-order valence-corrected chi connectivity index (χ4v) is 1.86. The van der Waals surface area contributed by atoms with Crippen molar-refractivity contribution >= 4 is 5.69 Å². The van der Waals surface area contributed by atoms with Crippen molar-refractivity contribution in [3.8, 4) is 6.07 Å². The molecule has 0 saturated heterocycles. The number of aliphatic hydroxyl groups excluding tert-OH is 1. The van der Waals surface area contributed by atoms with Gasteiger partial charge in [-0.1, -0.05) is 13.8 Å².